The maximum Gasteiger partial charge on any atom is 0.265 e. The molecule has 0 saturated heterocycles. The van der Waals surface area contributed by atoms with Crippen LogP contribution in [-0.2, 0) is 21.2 Å². The number of rotatable bonds is 7. The van der Waals surface area contributed by atoms with Gasteiger partial charge in [-0.2, -0.15) is 0 Å². The summed E-state index contributed by atoms with van der Waals surface area (Å²) in [6, 6.07) is 11.1. The van der Waals surface area contributed by atoms with Crippen molar-refractivity contribution in [2.75, 3.05) is 26.0 Å². The van der Waals surface area contributed by atoms with Crippen molar-refractivity contribution >= 4 is 21.6 Å². The lowest BCUT2D eigenvalue weighted by Crippen LogP contribution is -2.19. The second-order valence-corrected chi connectivity index (χ2v) is 6.82. The molecule has 2 aromatic carbocycles. The molecule has 0 unspecified atom stereocenters. The Bertz CT molecular complexity index is 848. The molecule has 0 heterocycles. The quantitative estimate of drug-likeness (QED) is 0.781. The number of ether oxygens (including phenoxy) is 2. The van der Waals surface area contributed by atoms with Gasteiger partial charge in [-0.15, -0.1) is 0 Å². The lowest BCUT2D eigenvalue weighted by Gasteiger charge is -2.13. The molecule has 0 radical (unpaired) electrons. The van der Waals surface area contributed by atoms with Crippen LogP contribution in [0, 0.1) is 0 Å². The minimum atomic E-state index is -3.86. The standard InChI is InChI=1S/C17H20N2O5S/c1-18-17(20)10-12-4-6-13(7-5-12)19-25(21,22)16-11-14(23-2)8-9-15(16)24-3/h4-9,11,19H,10H2,1-3H3,(H,18,20). The van der Waals surface area contributed by atoms with Crippen LogP contribution in [-0.4, -0.2) is 35.6 Å². The van der Waals surface area contributed by atoms with Crippen molar-refractivity contribution in [3.8, 4) is 11.5 Å². The Kier molecular flexibility index (Phi) is 5.87. The number of methoxy groups -OCH3 is 2. The predicted octanol–water partition coefficient (Wildman–Crippen LogP) is 1.79. The topological polar surface area (TPSA) is 93.7 Å². The first kappa shape index (κ1) is 18.6. The van der Waals surface area contributed by atoms with E-state index in [9.17, 15) is 13.2 Å². The molecule has 2 rings (SSSR count). The third-order valence-corrected chi connectivity index (χ3v) is 4.91. The number of carbonyl (C=O) groups excluding carboxylic acids is 1. The number of likely N-dealkylation sites (N-methyl/N-ethyl adjacent to an activating group) is 1. The Morgan fingerprint density at radius 3 is 2.28 bits per heavy atom. The number of hydrogen-bond donors (Lipinski definition) is 2. The molecule has 25 heavy (non-hydrogen) atoms. The summed E-state index contributed by atoms with van der Waals surface area (Å²) in [6.07, 6.45) is 0.229. The van der Waals surface area contributed by atoms with Gasteiger partial charge in [-0.3, -0.25) is 9.52 Å². The Labute approximate surface area is 147 Å². The summed E-state index contributed by atoms with van der Waals surface area (Å²) in [6.45, 7) is 0. The highest BCUT2D eigenvalue weighted by Crippen LogP contribution is 2.29. The van der Waals surface area contributed by atoms with Gasteiger partial charge in [0.05, 0.1) is 20.6 Å². The summed E-state index contributed by atoms with van der Waals surface area (Å²) in [7, 11) is 0.551. The highest BCUT2D eigenvalue weighted by molar-refractivity contribution is 7.92. The molecule has 0 atom stereocenters. The van der Waals surface area contributed by atoms with Crippen molar-refractivity contribution in [2.45, 2.75) is 11.3 Å². The van der Waals surface area contributed by atoms with Crippen molar-refractivity contribution in [1.82, 2.24) is 5.32 Å². The van der Waals surface area contributed by atoms with Crippen LogP contribution < -0.4 is 19.5 Å². The van der Waals surface area contributed by atoms with E-state index in [0.717, 1.165) is 5.56 Å². The van der Waals surface area contributed by atoms with E-state index in [4.69, 9.17) is 9.47 Å². The zero-order valence-corrected chi connectivity index (χ0v) is 15.0. The SMILES string of the molecule is CNC(=O)Cc1ccc(NS(=O)(=O)c2cc(OC)ccc2OC)cc1. The molecular weight excluding hydrogens is 344 g/mol. The molecule has 0 bridgehead atoms. The fourth-order valence-electron chi connectivity index (χ4n) is 2.17. The smallest absolute Gasteiger partial charge is 0.265 e. The van der Waals surface area contributed by atoms with Crippen LogP contribution in [0.1, 0.15) is 5.56 Å². The second-order valence-electron chi connectivity index (χ2n) is 5.17. The fourth-order valence-corrected chi connectivity index (χ4v) is 3.41. The fraction of sp³-hybridized carbons (Fsp3) is 0.235. The third-order valence-electron chi connectivity index (χ3n) is 3.51. The number of benzene rings is 2. The largest absolute Gasteiger partial charge is 0.497 e. The van der Waals surface area contributed by atoms with Gasteiger partial charge in [0.1, 0.15) is 16.4 Å². The van der Waals surface area contributed by atoms with E-state index < -0.39 is 10.0 Å². The van der Waals surface area contributed by atoms with Gasteiger partial charge in [0.2, 0.25) is 5.91 Å². The zero-order valence-electron chi connectivity index (χ0n) is 14.2. The second kappa shape index (κ2) is 7.89. The van der Waals surface area contributed by atoms with Crippen molar-refractivity contribution in [3.63, 3.8) is 0 Å². The molecule has 134 valence electrons. The number of anilines is 1. The maximum absolute atomic E-state index is 12.6. The van der Waals surface area contributed by atoms with Gasteiger partial charge in [-0.1, -0.05) is 12.1 Å². The normalized spacial score (nSPS) is 10.8. The first-order valence-corrected chi connectivity index (χ1v) is 8.92. The summed E-state index contributed by atoms with van der Waals surface area (Å²) < 4.78 is 38.0. The molecule has 2 N–H and O–H groups in total. The van der Waals surface area contributed by atoms with Crippen LogP contribution >= 0.6 is 0 Å². The molecule has 8 heteroatoms. The Morgan fingerprint density at radius 2 is 1.72 bits per heavy atom. The van der Waals surface area contributed by atoms with Gasteiger partial charge in [0.25, 0.3) is 10.0 Å². The molecule has 0 aliphatic heterocycles. The van der Waals surface area contributed by atoms with E-state index in [1.54, 1.807) is 37.4 Å². The average molecular weight is 364 g/mol. The van der Waals surface area contributed by atoms with E-state index in [2.05, 4.69) is 10.0 Å². The predicted molar refractivity (Wildman–Crippen MR) is 94.6 cm³/mol. The van der Waals surface area contributed by atoms with Gasteiger partial charge in [-0.05, 0) is 29.8 Å². The molecule has 0 fully saturated rings. The van der Waals surface area contributed by atoms with Gasteiger partial charge in [0.15, 0.2) is 0 Å². The van der Waals surface area contributed by atoms with E-state index in [0.29, 0.717) is 11.4 Å². The average Bonchev–Trinajstić information content (AvgIpc) is 2.62. The first-order chi connectivity index (χ1) is 11.9. The first-order valence-electron chi connectivity index (χ1n) is 7.44. The molecular formula is C17H20N2O5S. The minimum Gasteiger partial charge on any atom is -0.497 e. The molecule has 1 amide bonds. The molecule has 2 aromatic rings. The van der Waals surface area contributed by atoms with E-state index >= 15 is 0 Å². The zero-order chi connectivity index (χ0) is 18.4. The number of hydrogen-bond acceptors (Lipinski definition) is 5. The summed E-state index contributed by atoms with van der Waals surface area (Å²) in [4.78, 5) is 11.3. The van der Waals surface area contributed by atoms with E-state index in [1.807, 2.05) is 0 Å². The Hall–Kier alpha value is -2.74. The molecule has 0 saturated carbocycles. The molecule has 7 nitrogen and oxygen atoms in total. The van der Waals surface area contributed by atoms with Crippen molar-refractivity contribution in [2.24, 2.45) is 0 Å². The van der Waals surface area contributed by atoms with Gasteiger partial charge < -0.3 is 14.8 Å². The van der Waals surface area contributed by atoms with Gasteiger partial charge >= 0.3 is 0 Å². The van der Waals surface area contributed by atoms with Gasteiger partial charge in [0, 0.05) is 18.8 Å². The monoisotopic (exact) mass is 364 g/mol. The van der Waals surface area contributed by atoms with Crippen LogP contribution in [0.4, 0.5) is 5.69 Å². The number of carbonyl (C=O) groups is 1. The molecule has 0 aromatic heterocycles. The van der Waals surface area contributed by atoms with Crippen LogP contribution in [0.2, 0.25) is 0 Å². The maximum atomic E-state index is 12.6. The van der Waals surface area contributed by atoms with Crippen LogP contribution in [0.15, 0.2) is 47.4 Å². The summed E-state index contributed by atoms with van der Waals surface area (Å²) in [5, 5.41) is 2.54. The molecule has 0 aliphatic carbocycles. The minimum absolute atomic E-state index is 0.0243. The number of nitrogens with one attached hydrogen (secondary N) is 2. The molecule has 0 aliphatic rings. The summed E-state index contributed by atoms with van der Waals surface area (Å²) >= 11 is 0. The van der Waals surface area contributed by atoms with Crippen LogP contribution in [0.3, 0.4) is 0 Å². The van der Waals surface area contributed by atoms with Crippen LogP contribution in [0.5, 0.6) is 11.5 Å². The highest BCUT2D eigenvalue weighted by Gasteiger charge is 2.20. The Balaban J connectivity index is 2.25. The van der Waals surface area contributed by atoms with E-state index in [-0.39, 0.29) is 23.0 Å². The lowest BCUT2D eigenvalue weighted by atomic mass is 10.1. The van der Waals surface area contributed by atoms with Crippen molar-refractivity contribution in [1.29, 1.82) is 0 Å². The summed E-state index contributed by atoms with van der Waals surface area (Å²) in [5.41, 5.74) is 1.16. The number of sulfonamides is 1. The highest BCUT2D eigenvalue weighted by atomic mass is 32.2. The van der Waals surface area contributed by atoms with Crippen molar-refractivity contribution in [3.05, 3.63) is 48.0 Å². The number of amides is 1. The third kappa shape index (κ3) is 4.63. The van der Waals surface area contributed by atoms with Gasteiger partial charge in [-0.25, -0.2) is 8.42 Å². The summed E-state index contributed by atoms with van der Waals surface area (Å²) in [5.74, 6) is 0.501. The van der Waals surface area contributed by atoms with E-state index in [1.165, 1.54) is 26.4 Å². The molecule has 0 spiro atoms. The Morgan fingerprint density at radius 1 is 1.04 bits per heavy atom. The van der Waals surface area contributed by atoms with Crippen molar-refractivity contribution < 1.29 is 22.7 Å². The van der Waals surface area contributed by atoms with Crippen LogP contribution in [0.25, 0.3) is 0 Å². The lowest BCUT2D eigenvalue weighted by molar-refractivity contribution is -0.119.